The summed E-state index contributed by atoms with van der Waals surface area (Å²) in [5, 5.41) is 0. The van der Waals surface area contributed by atoms with Gasteiger partial charge in [0.25, 0.3) is 0 Å². The third kappa shape index (κ3) is 5.61. The number of ether oxygens (including phenoxy) is 3. The topological polar surface area (TPSA) is 63.2 Å². The number of rotatable bonds is 10. The molecule has 0 amide bonds. The van der Waals surface area contributed by atoms with Gasteiger partial charge in [-0.25, -0.2) is 4.79 Å². The van der Waals surface area contributed by atoms with Crippen LogP contribution in [0.2, 0.25) is 0 Å². The molecule has 0 aliphatic carbocycles. The van der Waals surface area contributed by atoms with Gasteiger partial charge in [0.1, 0.15) is 12.2 Å². The highest BCUT2D eigenvalue weighted by Crippen LogP contribution is 2.31. The summed E-state index contributed by atoms with van der Waals surface area (Å²) in [7, 11) is 2.95. The fourth-order valence-corrected chi connectivity index (χ4v) is 1.63. The first-order valence-electron chi connectivity index (χ1n) is 6.87. The first kappa shape index (κ1) is 17.3. The Morgan fingerprint density at radius 3 is 2.57 bits per heavy atom. The van der Waals surface area contributed by atoms with E-state index in [1.165, 1.54) is 14.2 Å². The second-order valence-corrected chi connectivity index (χ2v) is 4.20. The summed E-state index contributed by atoms with van der Waals surface area (Å²) in [6.07, 6.45) is 2.08. The molecule has 0 fully saturated rings. The van der Waals surface area contributed by atoms with Crippen LogP contribution in [0, 0.1) is 0 Å². The van der Waals surface area contributed by atoms with Crippen molar-refractivity contribution in [1.82, 2.24) is 0 Å². The molecule has 1 aromatic rings. The predicted octanol–water partition coefficient (Wildman–Crippen LogP) is 2.61. The molecule has 0 bridgehead atoms. The molecule has 0 heterocycles. The van der Waals surface area contributed by atoms with Gasteiger partial charge in [-0.15, -0.1) is 0 Å². The quantitative estimate of drug-likeness (QED) is 0.376. The maximum atomic E-state index is 11.9. The van der Waals surface area contributed by atoms with Gasteiger partial charge in [-0.3, -0.25) is 4.89 Å². The van der Waals surface area contributed by atoms with E-state index < -0.39 is 5.97 Å². The number of para-hydroxylation sites is 1. The van der Waals surface area contributed by atoms with Crippen LogP contribution in [0.1, 0.15) is 30.1 Å². The van der Waals surface area contributed by atoms with Gasteiger partial charge < -0.3 is 14.2 Å². The third-order valence-corrected chi connectivity index (χ3v) is 2.71. The van der Waals surface area contributed by atoms with Crippen molar-refractivity contribution in [2.45, 2.75) is 19.8 Å². The van der Waals surface area contributed by atoms with Crippen molar-refractivity contribution < 1.29 is 28.8 Å². The molecule has 0 aliphatic heterocycles. The van der Waals surface area contributed by atoms with Crippen LogP contribution in [0.3, 0.4) is 0 Å². The van der Waals surface area contributed by atoms with Gasteiger partial charge in [-0.2, -0.15) is 4.89 Å². The normalized spacial score (nSPS) is 10.2. The molecular weight excluding hydrogens is 276 g/mol. The van der Waals surface area contributed by atoms with Crippen LogP contribution in [-0.4, -0.2) is 40.0 Å². The summed E-state index contributed by atoms with van der Waals surface area (Å²) in [5.41, 5.74) is 0.240. The van der Waals surface area contributed by atoms with E-state index in [1.54, 1.807) is 18.2 Å². The van der Waals surface area contributed by atoms with E-state index in [2.05, 4.69) is 6.92 Å². The number of hydrogen-bond donors (Lipinski definition) is 0. The van der Waals surface area contributed by atoms with Crippen LogP contribution < -0.4 is 9.47 Å². The van der Waals surface area contributed by atoms with E-state index in [9.17, 15) is 4.79 Å². The monoisotopic (exact) mass is 298 g/mol. The number of methoxy groups -OCH3 is 2. The lowest BCUT2D eigenvalue weighted by molar-refractivity contribution is -0.247. The van der Waals surface area contributed by atoms with Crippen molar-refractivity contribution in [1.29, 1.82) is 0 Å². The smallest absolute Gasteiger partial charge is 0.376 e. The highest BCUT2D eigenvalue weighted by molar-refractivity contribution is 5.93. The molecule has 0 unspecified atom stereocenters. The van der Waals surface area contributed by atoms with Crippen LogP contribution in [0.25, 0.3) is 0 Å². The summed E-state index contributed by atoms with van der Waals surface area (Å²) >= 11 is 0. The summed E-state index contributed by atoms with van der Waals surface area (Å²) < 4.78 is 15.6. The van der Waals surface area contributed by atoms with Gasteiger partial charge >= 0.3 is 5.97 Å². The van der Waals surface area contributed by atoms with Crippen molar-refractivity contribution in [2.75, 3.05) is 34.0 Å². The van der Waals surface area contributed by atoms with E-state index >= 15 is 0 Å². The molecule has 0 atom stereocenters. The first-order valence-corrected chi connectivity index (χ1v) is 6.87. The lowest BCUT2D eigenvalue weighted by atomic mass is 10.2. The Bertz CT molecular complexity index is 432. The summed E-state index contributed by atoms with van der Waals surface area (Å²) in [5.74, 6) is 0.127. The fourth-order valence-electron chi connectivity index (χ4n) is 1.63. The Morgan fingerprint density at radius 1 is 1.10 bits per heavy atom. The van der Waals surface area contributed by atoms with Crippen LogP contribution in [0.4, 0.5) is 0 Å². The van der Waals surface area contributed by atoms with Crippen LogP contribution in [-0.2, 0) is 14.5 Å². The summed E-state index contributed by atoms with van der Waals surface area (Å²) in [6.45, 7) is 3.32. The maximum absolute atomic E-state index is 11.9. The van der Waals surface area contributed by atoms with Crippen LogP contribution >= 0.6 is 0 Å². The first-order chi connectivity index (χ1) is 10.2. The molecule has 0 radical (unpaired) electrons. The zero-order valence-electron chi connectivity index (χ0n) is 12.7. The van der Waals surface area contributed by atoms with E-state index in [-0.39, 0.29) is 12.2 Å². The minimum Gasteiger partial charge on any atom is -0.493 e. The Hall–Kier alpha value is -1.79. The lowest BCUT2D eigenvalue weighted by Crippen LogP contribution is -2.12. The predicted molar refractivity (Wildman–Crippen MR) is 76.6 cm³/mol. The van der Waals surface area contributed by atoms with E-state index in [1.807, 2.05) is 0 Å². The number of hydrogen-bond acceptors (Lipinski definition) is 6. The largest absolute Gasteiger partial charge is 0.493 e. The van der Waals surface area contributed by atoms with Gasteiger partial charge in [0.05, 0.1) is 20.8 Å². The molecule has 1 rings (SSSR count). The Balaban J connectivity index is 2.42. The van der Waals surface area contributed by atoms with Gasteiger partial charge in [0.2, 0.25) is 0 Å². The molecule has 0 N–H and O–H groups in total. The van der Waals surface area contributed by atoms with E-state index in [0.29, 0.717) is 24.7 Å². The molecule has 0 saturated carbocycles. The zero-order valence-corrected chi connectivity index (χ0v) is 12.7. The van der Waals surface area contributed by atoms with Crippen LogP contribution in [0.5, 0.6) is 11.5 Å². The van der Waals surface area contributed by atoms with Crippen LogP contribution in [0.15, 0.2) is 18.2 Å². The summed E-state index contributed by atoms with van der Waals surface area (Å²) in [6, 6.07) is 4.94. The molecule has 6 nitrogen and oxygen atoms in total. The number of carbonyl (C=O) groups excluding carboxylic acids is 1. The van der Waals surface area contributed by atoms with Crippen molar-refractivity contribution in [3.05, 3.63) is 23.8 Å². The molecular formula is C15H22O6. The van der Waals surface area contributed by atoms with E-state index in [0.717, 1.165) is 12.8 Å². The average molecular weight is 298 g/mol. The number of carbonyl (C=O) groups is 1. The average Bonchev–Trinajstić information content (AvgIpc) is 2.52. The summed E-state index contributed by atoms with van der Waals surface area (Å²) in [4.78, 5) is 21.5. The van der Waals surface area contributed by atoms with E-state index in [4.69, 9.17) is 24.0 Å². The highest BCUT2D eigenvalue weighted by atomic mass is 17.2. The molecule has 0 spiro atoms. The molecule has 0 aromatic heterocycles. The van der Waals surface area contributed by atoms with Gasteiger partial charge in [0, 0.05) is 6.61 Å². The number of unbranched alkanes of at least 4 members (excludes halogenated alkanes) is 1. The fraction of sp³-hybridized carbons (Fsp3) is 0.533. The standard InChI is InChI=1S/C15H22O6/c1-4-5-9-19-10-11-20-21-15(16)12-7-6-8-13(17-2)14(12)18-3/h6-8H,4-5,9-11H2,1-3H3. The Morgan fingerprint density at radius 2 is 1.90 bits per heavy atom. The SMILES string of the molecule is CCCCOCCOOC(=O)c1cccc(OC)c1OC. The maximum Gasteiger partial charge on any atom is 0.376 e. The molecule has 6 heteroatoms. The lowest BCUT2D eigenvalue weighted by Gasteiger charge is -2.11. The van der Waals surface area contributed by atoms with Crippen molar-refractivity contribution in [2.24, 2.45) is 0 Å². The molecule has 0 saturated heterocycles. The zero-order chi connectivity index (χ0) is 15.5. The Kier molecular flexibility index (Phi) is 8.23. The van der Waals surface area contributed by atoms with Crippen molar-refractivity contribution in [3.8, 4) is 11.5 Å². The second kappa shape index (κ2) is 10.0. The van der Waals surface area contributed by atoms with Gasteiger partial charge in [-0.05, 0) is 18.6 Å². The van der Waals surface area contributed by atoms with Crippen molar-refractivity contribution in [3.63, 3.8) is 0 Å². The molecule has 1 aromatic carbocycles. The number of benzene rings is 1. The minimum absolute atomic E-state index is 0.182. The van der Waals surface area contributed by atoms with Crippen molar-refractivity contribution >= 4 is 5.97 Å². The Labute approximate surface area is 124 Å². The van der Waals surface area contributed by atoms with Gasteiger partial charge in [0.15, 0.2) is 11.5 Å². The molecule has 118 valence electrons. The van der Waals surface area contributed by atoms with Gasteiger partial charge in [-0.1, -0.05) is 19.4 Å². The second-order valence-electron chi connectivity index (χ2n) is 4.20. The highest BCUT2D eigenvalue weighted by Gasteiger charge is 2.18. The minimum atomic E-state index is -0.640. The molecule has 21 heavy (non-hydrogen) atoms. The molecule has 0 aliphatic rings. The third-order valence-electron chi connectivity index (χ3n) is 2.71.